The van der Waals surface area contributed by atoms with Crippen molar-refractivity contribution in [3.63, 3.8) is 0 Å². The third-order valence-corrected chi connectivity index (χ3v) is 7.70. The molecular weight excluding hydrogens is 506 g/mol. The topological polar surface area (TPSA) is 105 Å². The molecule has 1 aliphatic carbocycles. The number of ketones is 1. The number of methoxy groups -OCH3 is 1. The van der Waals surface area contributed by atoms with Gasteiger partial charge in [0.25, 0.3) is 0 Å². The van der Waals surface area contributed by atoms with Crippen molar-refractivity contribution in [3.8, 4) is 5.75 Å². The first-order valence-corrected chi connectivity index (χ1v) is 14.2. The van der Waals surface area contributed by atoms with E-state index in [9.17, 15) is 19.2 Å². The molecule has 3 atom stereocenters. The smallest absolute Gasteiger partial charge is 0.245 e. The standard InChI is InChI=1S/C32H41N3O5/c1-19(2)12-27(33-30(37)15-23-14-29(36)25-11-10-24(40-5)16-26(23)25)31(38)34-28(13-20(3)4)32(39)35-17-21-8-6-7-9-22(21)18-35/h6-11,16,19-20,23,27-28H,12-15,17-18H2,1-5H3,(H,33,37)(H,34,38). The number of carbonyl (C=O) groups excluding carboxylic acids is 4. The molecule has 40 heavy (non-hydrogen) atoms. The number of carbonyl (C=O) groups is 4. The Morgan fingerprint density at radius 1 is 0.925 bits per heavy atom. The van der Waals surface area contributed by atoms with E-state index in [1.807, 2.05) is 58.0 Å². The average molecular weight is 548 g/mol. The molecular formula is C32H41N3O5. The second-order valence-corrected chi connectivity index (χ2v) is 11.9. The number of rotatable bonds is 11. The lowest BCUT2D eigenvalue weighted by Crippen LogP contribution is -2.54. The first-order chi connectivity index (χ1) is 19.0. The Morgan fingerprint density at radius 2 is 1.55 bits per heavy atom. The van der Waals surface area contributed by atoms with Gasteiger partial charge in [0.1, 0.15) is 17.8 Å². The van der Waals surface area contributed by atoms with Crippen molar-refractivity contribution in [1.82, 2.24) is 15.5 Å². The fourth-order valence-corrected chi connectivity index (χ4v) is 5.74. The first-order valence-electron chi connectivity index (χ1n) is 14.2. The molecule has 0 aromatic heterocycles. The van der Waals surface area contributed by atoms with E-state index >= 15 is 0 Å². The van der Waals surface area contributed by atoms with E-state index in [4.69, 9.17) is 4.74 Å². The van der Waals surface area contributed by atoms with Gasteiger partial charge in [0.15, 0.2) is 5.78 Å². The van der Waals surface area contributed by atoms with Crippen LogP contribution in [0.1, 0.15) is 86.3 Å². The third-order valence-electron chi connectivity index (χ3n) is 7.70. The highest BCUT2D eigenvalue weighted by atomic mass is 16.5. The van der Waals surface area contributed by atoms with Crippen molar-refractivity contribution < 1.29 is 23.9 Å². The average Bonchev–Trinajstić information content (AvgIpc) is 3.47. The number of nitrogens with one attached hydrogen (secondary N) is 2. The highest BCUT2D eigenvalue weighted by molar-refractivity contribution is 6.02. The molecule has 0 fully saturated rings. The van der Waals surface area contributed by atoms with E-state index in [-0.39, 0.29) is 54.1 Å². The zero-order valence-electron chi connectivity index (χ0n) is 24.2. The Labute approximate surface area is 236 Å². The van der Waals surface area contributed by atoms with Crippen LogP contribution in [0, 0.1) is 11.8 Å². The number of fused-ring (bicyclic) bond motifs is 2. The van der Waals surface area contributed by atoms with Crippen LogP contribution in [0.5, 0.6) is 5.75 Å². The Morgan fingerprint density at radius 3 is 2.15 bits per heavy atom. The summed E-state index contributed by atoms with van der Waals surface area (Å²) in [5, 5.41) is 5.89. The monoisotopic (exact) mass is 547 g/mol. The molecule has 0 saturated carbocycles. The van der Waals surface area contributed by atoms with Crippen LogP contribution >= 0.6 is 0 Å². The zero-order chi connectivity index (χ0) is 29.0. The summed E-state index contributed by atoms with van der Waals surface area (Å²) in [6.07, 6.45) is 1.28. The molecule has 1 aliphatic heterocycles. The predicted octanol–water partition coefficient (Wildman–Crippen LogP) is 4.36. The molecule has 8 nitrogen and oxygen atoms in total. The number of Topliss-reactive ketones (excluding diaryl/α,β-unsaturated/α-hetero) is 1. The molecule has 8 heteroatoms. The SMILES string of the molecule is COc1ccc2c(c1)C(CC(=O)NC(CC(C)C)C(=O)NC(CC(C)C)C(=O)N1Cc3ccccc3C1)CC2=O. The van der Waals surface area contributed by atoms with Gasteiger partial charge < -0.3 is 20.3 Å². The van der Waals surface area contributed by atoms with Crippen molar-refractivity contribution >= 4 is 23.5 Å². The fourth-order valence-electron chi connectivity index (χ4n) is 5.74. The van der Waals surface area contributed by atoms with E-state index < -0.39 is 12.1 Å². The molecule has 2 aromatic rings. The van der Waals surface area contributed by atoms with Crippen molar-refractivity contribution in [3.05, 3.63) is 64.7 Å². The maximum Gasteiger partial charge on any atom is 0.245 e. The Balaban J connectivity index is 1.43. The maximum atomic E-state index is 13.6. The lowest BCUT2D eigenvalue weighted by molar-refractivity contribution is -0.138. The Kier molecular flexibility index (Phi) is 9.28. The number of benzene rings is 2. The van der Waals surface area contributed by atoms with Gasteiger partial charge in [-0.25, -0.2) is 0 Å². The number of hydrogen-bond donors (Lipinski definition) is 2. The van der Waals surface area contributed by atoms with E-state index in [0.717, 1.165) is 16.7 Å². The molecule has 2 aliphatic rings. The van der Waals surface area contributed by atoms with Crippen molar-refractivity contribution in [2.75, 3.05) is 7.11 Å². The predicted molar refractivity (Wildman–Crippen MR) is 153 cm³/mol. The Hall–Kier alpha value is -3.68. The van der Waals surface area contributed by atoms with Crippen molar-refractivity contribution in [2.24, 2.45) is 11.8 Å². The van der Waals surface area contributed by atoms with Crippen LogP contribution in [0.4, 0.5) is 0 Å². The normalized spacial score (nSPS) is 17.4. The number of nitrogens with zero attached hydrogens (tertiary/aromatic N) is 1. The van der Waals surface area contributed by atoms with E-state index in [1.54, 1.807) is 24.1 Å². The second-order valence-electron chi connectivity index (χ2n) is 11.9. The summed E-state index contributed by atoms with van der Waals surface area (Å²) in [6.45, 7) is 9.07. The third kappa shape index (κ3) is 6.90. The summed E-state index contributed by atoms with van der Waals surface area (Å²) in [4.78, 5) is 54.6. The van der Waals surface area contributed by atoms with Crippen molar-refractivity contribution in [1.29, 1.82) is 0 Å². The summed E-state index contributed by atoms with van der Waals surface area (Å²) in [7, 11) is 1.56. The van der Waals surface area contributed by atoms with E-state index in [0.29, 0.717) is 37.2 Å². The molecule has 4 rings (SSSR count). The van der Waals surface area contributed by atoms with Crippen LogP contribution in [0.25, 0.3) is 0 Å². The minimum atomic E-state index is -0.785. The molecule has 2 N–H and O–H groups in total. The quantitative estimate of drug-likeness (QED) is 0.435. The summed E-state index contributed by atoms with van der Waals surface area (Å²) in [5.41, 5.74) is 3.67. The summed E-state index contributed by atoms with van der Waals surface area (Å²) in [5.74, 6) is -0.0617. The molecule has 0 spiro atoms. The fraction of sp³-hybridized carbons (Fsp3) is 0.500. The largest absolute Gasteiger partial charge is 0.497 e. The number of ether oxygens (including phenoxy) is 1. The number of amides is 3. The van der Waals surface area contributed by atoms with E-state index in [1.165, 1.54) is 0 Å². The molecule has 2 aromatic carbocycles. The number of hydrogen-bond acceptors (Lipinski definition) is 5. The highest BCUT2D eigenvalue weighted by Crippen LogP contribution is 2.37. The van der Waals surface area contributed by atoms with Gasteiger partial charge in [-0.15, -0.1) is 0 Å². The molecule has 3 unspecified atom stereocenters. The lowest BCUT2D eigenvalue weighted by Gasteiger charge is -2.28. The highest BCUT2D eigenvalue weighted by Gasteiger charge is 2.35. The van der Waals surface area contributed by atoms with Crippen LogP contribution in [0.3, 0.4) is 0 Å². The summed E-state index contributed by atoms with van der Waals surface area (Å²) >= 11 is 0. The molecule has 214 valence electrons. The molecule has 0 bridgehead atoms. The minimum Gasteiger partial charge on any atom is -0.497 e. The zero-order valence-corrected chi connectivity index (χ0v) is 24.2. The second kappa shape index (κ2) is 12.7. The molecule has 3 amide bonds. The van der Waals surface area contributed by atoms with Crippen LogP contribution in [0.2, 0.25) is 0 Å². The summed E-state index contributed by atoms with van der Waals surface area (Å²) in [6, 6.07) is 11.8. The van der Waals surface area contributed by atoms with Gasteiger partial charge in [-0.2, -0.15) is 0 Å². The minimum absolute atomic E-state index is 0.00558. The molecule has 0 saturated heterocycles. The maximum absolute atomic E-state index is 13.6. The van der Waals surface area contributed by atoms with Crippen LogP contribution in [-0.2, 0) is 27.5 Å². The van der Waals surface area contributed by atoms with Gasteiger partial charge in [0, 0.05) is 37.4 Å². The van der Waals surface area contributed by atoms with Crippen LogP contribution in [0.15, 0.2) is 42.5 Å². The first kappa shape index (κ1) is 29.3. The van der Waals surface area contributed by atoms with Gasteiger partial charge in [-0.3, -0.25) is 19.2 Å². The van der Waals surface area contributed by atoms with Gasteiger partial charge in [-0.1, -0.05) is 52.0 Å². The van der Waals surface area contributed by atoms with Gasteiger partial charge in [0.05, 0.1) is 7.11 Å². The summed E-state index contributed by atoms with van der Waals surface area (Å²) < 4.78 is 5.31. The van der Waals surface area contributed by atoms with Gasteiger partial charge >= 0.3 is 0 Å². The van der Waals surface area contributed by atoms with Gasteiger partial charge in [0.2, 0.25) is 17.7 Å². The van der Waals surface area contributed by atoms with Gasteiger partial charge in [-0.05, 0) is 59.6 Å². The van der Waals surface area contributed by atoms with E-state index in [2.05, 4.69) is 10.6 Å². The van der Waals surface area contributed by atoms with Crippen LogP contribution in [-0.4, -0.2) is 47.6 Å². The van der Waals surface area contributed by atoms with Crippen LogP contribution < -0.4 is 15.4 Å². The Bertz CT molecular complexity index is 1250. The molecule has 0 radical (unpaired) electrons. The lowest BCUT2D eigenvalue weighted by atomic mass is 9.96. The van der Waals surface area contributed by atoms with Crippen molar-refractivity contribution in [2.45, 2.75) is 84.5 Å². The molecule has 1 heterocycles.